The predicted molar refractivity (Wildman–Crippen MR) is 94.3 cm³/mol. The maximum Gasteiger partial charge on any atom is 0.323 e. The Morgan fingerprint density at radius 3 is 2.50 bits per heavy atom. The van der Waals surface area contributed by atoms with Crippen LogP contribution in [0.15, 0.2) is 34.8 Å². The summed E-state index contributed by atoms with van der Waals surface area (Å²) >= 11 is 9.48. The van der Waals surface area contributed by atoms with Gasteiger partial charge in [-0.15, -0.1) is 0 Å². The molecule has 0 aliphatic rings. The molecule has 0 heterocycles. The number of anilines is 2. The maximum atomic E-state index is 12.1. The van der Waals surface area contributed by atoms with Crippen LogP contribution in [0.1, 0.15) is 11.1 Å². The highest BCUT2D eigenvalue weighted by atomic mass is 79.9. The molecule has 2 aromatic carbocycles. The summed E-state index contributed by atoms with van der Waals surface area (Å²) in [6.45, 7) is 3.82. The molecule has 6 heteroatoms. The molecule has 0 unspecified atom stereocenters. The van der Waals surface area contributed by atoms with Gasteiger partial charge in [0.05, 0.1) is 12.8 Å². The number of hydrogen-bond donors (Lipinski definition) is 2. The van der Waals surface area contributed by atoms with Gasteiger partial charge in [-0.25, -0.2) is 4.79 Å². The van der Waals surface area contributed by atoms with E-state index in [0.717, 1.165) is 15.6 Å². The first kappa shape index (κ1) is 16.6. The Hall–Kier alpha value is -1.72. The second-order valence-corrected chi connectivity index (χ2v) is 6.11. The van der Waals surface area contributed by atoms with Crippen molar-refractivity contribution in [3.05, 3.63) is 51.0 Å². The lowest BCUT2D eigenvalue weighted by atomic mass is 10.2. The smallest absolute Gasteiger partial charge is 0.323 e. The van der Waals surface area contributed by atoms with Crippen LogP contribution in [0, 0.1) is 13.8 Å². The summed E-state index contributed by atoms with van der Waals surface area (Å²) in [6.07, 6.45) is 0. The van der Waals surface area contributed by atoms with Gasteiger partial charge in [0, 0.05) is 21.2 Å². The van der Waals surface area contributed by atoms with Crippen LogP contribution in [0.2, 0.25) is 5.02 Å². The zero-order valence-electron chi connectivity index (χ0n) is 12.5. The monoisotopic (exact) mass is 382 g/mol. The minimum atomic E-state index is -0.346. The number of halogens is 2. The van der Waals surface area contributed by atoms with Gasteiger partial charge < -0.3 is 15.4 Å². The summed E-state index contributed by atoms with van der Waals surface area (Å²) in [5, 5.41) is 6.14. The Bertz CT molecular complexity index is 720. The minimum absolute atomic E-state index is 0.346. The molecule has 2 amide bonds. The fourth-order valence-corrected chi connectivity index (χ4v) is 2.34. The standard InChI is InChI=1S/C16H16BrClN2O2/c1-9-6-11(4-5-12(9)17)19-16(21)20-14-7-10(2)13(18)8-15(14)22-3/h4-8H,1-3H3,(H2,19,20,21). The van der Waals surface area contributed by atoms with Crippen molar-refractivity contribution in [2.45, 2.75) is 13.8 Å². The summed E-state index contributed by atoms with van der Waals surface area (Å²) in [5.41, 5.74) is 3.17. The molecule has 2 aromatic rings. The molecule has 0 spiro atoms. The first-order valence-electron chi connectivity index (χ1n) is 6.59. The topological polar surface area (TPSA) is 50.4 Å². The Kier molecular flexibility index (Phi) is 5.32. The van der Waals surface area contributed by atoms with Gasteiger partial charge in [0.1, 0.15) is 5.75 Å². The molecule has 0 radical (unpaired) electrons. The van der Waals surface area contributed by atoms with E-state index in [1.54, 1.807) is 12.1 Å². The number of benzene rings is 2. The van der Waals surface area contributed by atoms with Crippen LogP contribution in [0.4, 0.5) is 16.2 Å². The van der Waals surface area contributed by atoms with Gasteiger partial charge in [-0.2, -0.15) is 0 Å². The summed E-state index contributed by atoms with van der Waals surface area (Å²) in [5.74, 6) is 0.512. The van der Waals surface area contributed by atoms with Crippen LogP contribution < -0.4 is 15.4 Å². The Balaban J connectivity index is 2.15. The second-order valence-electron chi connectivity index (χ2n) is 4.84. The van der Waals surface area contributed by atoms with Gasteiger partial charge in [-0.05, 0) is 49.2 Å². The maximum absolute atomic E-state index is 12.1. The van der Waals surface area contributed by atoms with Crippen molar-refractivity contribution in [3.63, 3.8) is 0 Å². The van der Waals surface area contributed by atoms with Crippen molar-refractivity contribution in [2.75, 3.05) is 17.7 Å². The molecular formula is C16H16BrClN2O2. The van der Waals surface area contributed by atoms with E-state index in [-0.39, 0.29) is 6.03 Å². The molecule has 0 atom stereocenters. The largest absolute Gasteiger partial charge is 0.495 e. The van der Waals surface area contributed by atoms with Gasteiger partial charge in [0.2, 0.25) is 0 Å². The second kappa shape index (κ2) is 7.03. The molecular weight excluding hydrogens is 368 g/mol. The third kappa shape index (κ3) is 3.93. The van der Waals surface area contributed by atoms with E-state index in [1.807, 2.05) is 32.0 Å². The van der Waals surface area contributed by atoms with Crippen LogP contribution in [0.5, 0.6) is 5.75 Å². The number of hydrogen-bond acceptors (Lipinski definition) is 2. The molecule has 4 nitrogen and oxygen atoms in total. The molecule has 0 aromatic heterocycles. The molecule has 2 N–H and O–H groups in total. The third-order valence-electron chi connectivity index (χ3n) is 3.14. The molecule has 0 saturated heterocycles. The fourth-order valence-electron chi connectivity index (χ4n) is 1.94. The third-order valence-corrected chi connectivity index (χ3v) is 4.44. The lowest BCUT2D eigenvalue weighted by Gasteiger charge is -2.13. The number of carbonyl (C=O) groups is 1. The summed E-state index contributed by atoms with van der Waals surface area (Å²) in [6, 6.07) is 8.69. The van der Waals surface area contributed by atoms with Gasteiger partial charge in [0.25, 0.3) is 0 Å². The first-order valence-corrected chi connectivity index (χ1v) is 7.76. The van der Waals surface area contributed by atoms with Gasteiger partial charge >= 0.3 is 6.03 Å². The molecule has 0 aliphatic carbocycles. The van der Waals surface area contributed by atoms with E-state index in [0.29, 0.717) is 22.1 Å². The normalized spacial score (nSPS) is 10.2. The van der Waals surface area contributed by atoms with Crippen LogP contribution in [0.25, 0.3) is 0 Å². The number of ether oxygens (including phenoxy) is 1. The van der Waals surface area contributed by atoms with Gasteiger partial charge in [0.15, 0.2) is 0 Å². The number of urea groups is 1. The van der Waals surface area contributed by atoms with Crippen LogP contribution in [-0.2, 0) is 0 Å². The average molecular weight is 384 g/mol. The van der Waals surface area contributed by atoms with Crippen LogP contribution in [-0.4, -0.2) is 13.1 Å². The quantitative estimate of drug-likeness (QED) is 0.748. The first-order chi connectivity index (χ1) is 10.4. The number of carbonyl (C=O) groups excluding carboxylic acids is 1. The predicted octanol–water partition coefficient (Wildman–Crippen LogP) is 5.37. The van der Waals surface area contributed by atoms with Crippen LogP contribution in [0.3, 0.4) is 0 Å². The van der Waals surface area contributed by atoms with E-state index < -0.39 is 0 Å². The zero-order valence-corrected chi connectivity index (χ0v) is 14.8. The number of aryl methyl sites for hydroxylation is 2. The summed E-state index contributed by atoms with van der Waals surface area (Å²) in [7, 11) is 1.53. The van der Waals surface area contributed by atoms with E-state index >= 15 is 0 Å². The molecule has 0 saturated carbocycles. The lowest BCUT2D eigenvalue weighted by molar-refractivity contribution is 0.262. The Labute approximate surface area is 142 Å². The van der Waals surface area contributed by atoms with Gasteiger partial charge in [-0.3, -0.25) is 0 Å². The van der Waals surface area contributed by atoms with Crippen molar-refractivity contribution < 1.29 is 9.53 Å². The fraction of sp³-hybridized carbons (Fsp3) is 0.188. The molecule has 2 rings (SSSR count). The molecule has 22 heavy (non-hydrogen) atoms. The van der Waals surface area contributed by atoms with E-state index in [9.17, 15) is 4.79 Å². The van der Waals surface area contributed by atoms with E-state index in [4.69, 9.17) is 16.3 Å². The highest BCUT2D eigenvalue weighted by Crippen LogP contribution is 2.31. The van der Waals surface area contributed by atoms with E-state index in [2.05, 4.69) is 26.6 Å². The number of amides is 2. The van der Waals surface area contributed by atoms with Crippen molar-refractivity contribution in [1.29, 1.82) is 0 Å². The number of rotatable bonds is 3. The zero-order chi connectivity index (χ0) is 16.3. The number of nitrogens with one attached hydrogen (secondary N) is 2. The highest BCUT2D eigenvalue weighted by Gasteiger charge is 2.10. The Morgan fingerprint density at radius 1 is 1.14 bits per heavy atom. The molecule has 0 aliphatic heterocycles. The average Bonchev–Trinajstić information content (AvgIpc) is 2.46. The lowest BCUT2D eigenvalue weighted by Crippen LogP contribution is -2.20. The van der Waals surface area contributed by atoms with Crippen molar-refractivity contribution in [3.8, 4) is 5.75 Å². The minimum Gasteiger partial charge on any atom is -0.495 e. The summed E-state index contributed by atoms with van der Waals surface area (Å²) in [4.78, 5) is 12.1. The Morgan fingerprint density at radius 2 is 1.86 bits per heavy atom. The van der Waals surface area contributed by atoms with Crippen molar-refractivity contribution >= 4 is 44.9 Å². The SMILES string of the molecule is COc1cc(Cl)c(C)cc1NC(=O)Nc1ccc(Br)c(C)c1. The van der Waals surface area contributed by atoms with E-state index in [1.165, 1.54) is 7.11 Å². The number of methoxy groups -OCH3 is 1. The molecule has 0 fully saturated rings. The highest BCUT2D eigenvalue weighted by molar-refractivity contribution is 9.10. The molecule has 116 valence electrons. The van der Waals surface area contributed by atoms with Crippen molar-refractivity contribution in [1.82, 2.24) is 0 Å². The molecule has 0 bridgehead atoms. The van der Waals surface area contributed by atoms with Crippen molar-refractivity contribution in [2.24, 2.45) is 0 Å². The summed E-state index contributed by atoms with van der Waals surface area (Å²) < 4.78 is 6.23. The van der Waals surface area contributed by atoms with Gasteiger partial charge in [-0.1, -0.05) is 27.5 Å². The van der Waals surface area contributed by atoms with Crippen LogP contribution >= 0.6 is 27.5 Å².